The van der Waals surface area contributed by atoms with E-state index in [9.17, 15) is 22.0 Å². The highest BCUT2D eigenvalue weighted by Gasteiger charge is 2.24. The Labute approximate surface area is 145 Å². The maximum atomic E-state index is 13.9. The summed E-state index contributed by atoms with van der Waals surface area (Å²) < 4.78 is 51.5. The molecular weight excluding hydrogens is 350 g/mol. The third-order valence-corrected chi connectivity index (χ3v) is 4.87. The number of rotatable bonds is 5. The van der Waals surface area contributed by atoms with Gasteiger partial charge in [-0.05, 0) is 43.2 Å². The van der Waals surface area contributed by atoms with E-state index in [1.807, 2.05) is 19.9 Å². The Balaban J connectivity index is 2.29. The van der Waals surface area contributed by atoms with E-state index in [-0.39, 0.29) is 5.69 Å². The number of sulfonamides is 1. The van der Waals surface area contributed by atoms with Crippen molar-refractivity contribution in [2.24, 2.45) is 0 Å². The van der Waals surface area contributed by atoms with E-state index >= 15 is 0 Å². The number of carbonyl (C=O) groups is 1. The molecule has 0 bridgehead atoms. The average molecular weight is 368 g/mol. The molecule has 0 aliphatic carbocycles. The van der Waals surface area contributed by atoms with E-state index in [2.05, 4.69) is 5.32 Å². The summed E-state index contributed by atoms with van der Waals surface area (Å²) in [5.74, 6) is -2.54. The summed E-state index contributed by atoms with van der Waals surface area (Å²) in [6.45, 7) is 3.06. The van der Waals surface area contributed by atoms with Crippen LogP contribution < -0.4 is 9.62 Å². The van der Waals surface area contributed by atoms with Gasteiger partial charge in [-0.2, -0.15) is 0 Å². The SMILES string of the molecule is Cc1cccc(NC(=O)CN(c2ccc(F)cc2F)S(C)(=O)=O)c1C. The molecule has 25 heavy (non-hydrogen) atoms. The molecule has 0 unspecified atom stereocenters. The zero-order valence-electron chi connectivity index (χ0n) is 14.0. The highest BCUT2D eigenvalue weighted by atomic mass is 32.2. The molecule has 0 saturated carbocycles. The van der Waals surface area contributed by atoms with Crippen molar-refractivity contribution in [3.63, 3.8) is 0 Å². The highest BCUT2D eigenvalue weighted by molar-refractivity contribution is 7.92. The number of carbonyl (C=O) groups excluding carboxylic acids is 1. The minimum absolute atomic E-state index is 0.389. The Kier molecular flexibility index (Phi) is 5.42. The van der Waals surface area contributed by atoms with Crippen LogP contribution in [0.5, 0.6) is 0 Å². The van der Waals surface area contributed by atoms with Gasteiger partial charge in [0.1, 0.15) is 18.2 Å². The van der Waals surface area contributed by atoms with Gasteiger partial charge in [-0.3, -0.25) is 9.10 Å². The molecule has 2 aromatic carbocycles. The van der Waals surface area contributed by atoms with E-state index < -0.39 is 34.1 Å². The van der Waals surface area contributed by atoms with Crippen LogP contribution >= 0.6 is 0 Å². The van der Waals surface area contributed by atoms with Crippen molar-refractivity contribution in [3.8, 4) is 0 Å². The van der Waals surface area contributed by atoms with Crippen LogP contribution in [-0.2, 0) is 14.8 Å². The lowest BCUT2D eigenvalue weighted by Crippen LogP contribution is -2.38. The maximum Gasteiger partial charge on any atom is 0.245 e. The molecular formula is C17H18F2N2O3S. The number of nitrogens with one attached hydrogen (secondary N) is 1. The summed E-state index contributed by atoms with van der Waals surface area (Å²) in [5.41, 5.74) is 1.95. The van der Waals surface area contributed by atoms with Gasteiger partial charge in [-0.1, -0.05) is 12.1 Å². The monoisotopic (exact) mass is 368 g/mol. The standard InChI is InChI=1S/C17H18F2N2O3S/c1-11-5-4-6-15(12(11)2)20-17(22)10-21(25(3,23)24)16-8-7-13(18)9-14(16)19/h4-9H,10H2,1-3H3,(H,20,22). The number of amides is 1. The number of anilines is 2. The average Bonchev–Trinajstić information content (AvgIpc) is 2.49. The molecule has 8 heteroatoms. The van der Waals surface area contributed by atoms with E-state index in [4.69, 9.17) is 0 Å². The Morgan fingerprint density at radius 2 is 1.84 bits per heavy atom. The van der Waals surface area contributed by atoms with Crippen molar-refractivity contribution in [2.45, 2.75) is 13.8 Å². The van der Waals surface area contributed by atoms with Gasteiger partial charge >= 0.3 is 0 Å². The first-order valence-electron chi connectivity index (χ1n) is 7.38. The Morgan fingerprint density at radius 1 is 1.16 bits per heavy atom. The quantitative estimate of drug-likeness (QED) is 0.882. The largest absolute Gasteiger partial charge is 0.324 e. The first kappa shape index (κ1) is 18.9. The molecule has 0 aliphatic rings. The molecule has 1 N–H and O–H groups in total. The summed E-state index contributed by atoms with van der Waals surface area (Å²) in [5, 5.41) is 2.61. The van der Waals surface area contributed by atoms with Crippen molar-refractivity contribution < 1.29 is 22.0 Å². The van der Waals surface area contributed by atoms with Crippen molar-refractivity contribution >= 4 is 27.3 Å². The van der Waals surface area contributed by atoms with Crippen LogP contribution in [0.1, 0.15) is 11.1 Å². The molecule has 0 saturated heterocycles. The van der Waals surface area contributed by atoms with Gasteiger partial charge < -0.3 is 5.32 Å². The van der Waals surface area contributed by atoms with Crippen LogP contribution in [0.3, 0.4) is 0 Å². The fourth-order valence-corrected chi connectivity index (χ4v) is 3.13. The second kappa shape index (κ2) is 7.18. The van der Waals surface area contributed by atoms with Crippen molar-refractivity contribution in [1.82, 2.24) is 0 Å². The smallest absolute Gasteiger partial charge is 0.245 e. The maximum absolute atomic E-state index is 13.9. The van der Waals surface area contributed by atoms with Crippen LogP contribution in [0.25, 0.3) is 0 Å². The van der Waals surface area contributed by atoms with E-state index in [0.717, 1.165) is 29.5 Å². The van der Waals surface area contributed by atoms with Gasteiger partial charge in [0, 0.05) is 11.8 Å². The second-order valence-corrected chi connectivity index (χ2v) is 7.57. The first-order chi connectivity index (χ1) is 11.6. The van der Waals surface area contributed by atoms with Crippen LogP contribution in [0.4, 0.5) is 20.2 Å². The molecule has 134 valence electrons. The predicted molar refractivity (Wildman–Crippen MR) is 93.1 cm³/mol. The lowest BCUT2D eigenvalue weighted by atomic mass is 10.1. The number of nitrogens with zero attached hydrogens (tertiary/aromatic N) is 1. The van der Waals surface area contributed by atoms with Gasteiger partial charge in [-0.25, -0.2) is 17.2 Å². The molecule has 0 aliphatic heterocycles. The highest BCUT2D eigenvalue weighted by Crippen LogP contribution is 2.23. The number of hydrogen-bond donors (Lipinski definition) is 1. The van der Waals surface area contributed by atoms with Gasteiger partial charge in [-0.15, -0.1) is 0 Å². The summed E-state index contributed by atoms with van der Waals surface area (Å²) in [6, 6.07) is 7.79. The summed E-state index contributed by atoms with van der Waals surface area (Å²) in [4.78, 5) is 12.3. The summed E-state index contributed by atoms with van der Waals surface area (Å²) in [7, 11) is -3.95. The van der Waals surface area contributed by atoms with Crippen molar-refractivity contribution in [2.75, 3.05) is 22.4 Å². The predicted octanol–water partition coefficient (Wildman–Crippen LogP) is 2.99. The molecule has 2 aromatic rings. The van der Waals surface area contributed by atoms with Crippen LogP contribution in [0.2, 0.25) is 0 Å². The zero-order valence-corrected chi connectivity index (χ0v) is 14.8. The molecule has 0 atom stereocenters. The van der Waals surface area contributed by atoms with Gasteiger partial charge in [0.2, 0.25) is 15.9 Å². The van der Waals surface area contributed by atoms with Crippen LogP contribution in [0.15, 0.2) is 36.4 Å². The normalized spacial score (nSPS) is 11.2. The van der Waals surface area contributed by atoms with Crippen molar-refractivity contribution in [3.05, 3.63) is 59.2 Å². The molecule has 0 heterocycles. The minimum atomic E-state index is -3.95. The third kappa shape index (κ3) is 4.54. The molecule has 0 radical (unpaired) electrons. The first-order valence-corrected chi connectivity index (χ1v) is 9.23. The molecule has 0 spiro atoms. The van der Waals surface area contributed by atoms with E-state index in [1.54, 1.807) is 12.1 Å². The second-order valence-electron chi connectivity index (χ2n) is 5.66. The molecule has 1 amide bonds. The Hall–Kier alpha value is -2.48. The number of halogens is 2. The van der Waals surface area contributed by atoms with E-state index in [0.29, 0.717) is 16.1 Å². The fraction of sp³-hybridized carbons (Fsp3) is 0.235. The number of benzene rings is 2. The molecule has 2 rings (SSSR count). The van der Waals surface area contributed by atoms with Gasteiger partial charge in [0.15, 0.2) is 0 Å². The topological polar surface area (TPSA) is 66.5 Å². The number of hydrogen-bond acceptors (Lipinski definition) is 3. The van der Waals surface area contributed by atoms with Crippen LogP contribution in [0, 0.1) is 25.5 Å². The minimum Gasteiger partial charge on any atom is -0.324 e. The van der Waals surface area contributed by atoms with Crippen LogP contribution in [-0.4, -0.2) is 27.1 Å². The van der Waals surface area contributed by atoms with Gasteiger partial charge in [0.25, 0.3) is 0 Å². The lowest BCUT2D eigenvalue weighted by Gasteiger charge is -2.22. The molecule has 0 aromatic heterocycles. The number of aryl methyl sites for hydroxylation is 1. The fourth-order valence-electron chi connectivity index (χ4n) is 2.27. The molecule has 0 fully saturated rings. The summed E-state index contributed by atoms with van der Waals surface area (Å²) >= 11 is 0. The Bertz CT molecular complexity index is 914. The van der Waals surface area contributed by atoms with Crippen molar-refractivity contribution in [1.29, 1.82) is 0 Å². The third-order valence-electron chi connectivity index (χ3n) is 3.74. The lowest BCUT2D eigenvalue weighted by molar-refractivity contribution is -0.114. The van der Waals surface area contributed by atoms with E-state index in [1.165, 1.54) is 0 Å². The van der Waals surface area contributed by atoms with Gasteiger partial charge in [0.05, 0.1) is 11.9 Å². The molecule has 5 nitrogen and oxygen atoms in total. The summed E-state index contributed by atoms with van der Waals surface area (Å²) in [6.07, 6.45) is 0.848. The zero-order chi connectivity index (χ0) is 18.8. The Morgan fingerprint density at radius 3 is 2.44 bits per heavy atom.